The zero-order valence-electron chi connectivity index (χ0n) is 22.3. The number of pyridine rings is 1. The Kier molecular flexibility index (Phi) is 6.64. The Morgan fingerprint density at radius 1 is 1.10 bits per heavy atom. The van der Waals surface area contributed by atoms with Crippen LogP contribution in [-0.2, 0) is 6.42 Å². The fraction of sp³-hybridized carbons (Fsp3) is 0.333. The van der Waals surface area contributed by atoms with Crippen molar-refractivity contribution in [3.63, 3.8) is 0 Å². The SMILES string of the molecule is CCN1C(=O)c2c(O)c(=O)c(-c3nnc(Cc4ccc(F)cc4F)s3)cn2N(C)C12CCN(c1ncccn1)CC2. The normalized spacial score (nSPS) is 16.4. The predicted octanol–water partition coefficient (Wildman–Crippen LogP) is 2.77. The summed E-state index contributed by atoms with van der Waals surface area (Å²) in [6.07, 6.45) is 6.06. The Labute approximate surface area is 237 Å². The lowest BCUT2D eigenvalue weighted by Gasteiger charge is -2.57. The third-order valence-electron chi connectivity index (χ3n) is 7.81. The number of carbonyl (C=O) groups excluding carboxylic acids is 1. The average molecular weight is 581 g/mol. The Balaban J connectivity index is 1.35. The van der Waals surface area contributed by atoms with Crippen LogP contribution in [-0.4, -0.2) is 73.1 Å². The maximum atomic E-state index is 14.2. The van der Waals surface area contributed by atoms with Crippen LogP contribution in [0.2, 0.25) is 0 Å². The molecule has 0 bridgehead atoms. The van der Waals surface area contributed by atoms with Crippen LogP contribution in [0.4, 0.5) is 14.7 Å². The van der Waals surface area contributed by atoms with Gasteiger partial charge in [-0.3, -0.25) is 19.3 Å². The molecule has 3 aromatic heterocycles. The number of nitrogens with zero attached hydrogens (tertiary/aromatic N) is 8. The van der Waals surface area contributed by atoms with E-state index in [4.69, 9.17) is 0 Å². The van der Waals surface area contributed by atoms with E-state index in [2.05, 4.69) is 25.1 Å². The quantitative estimate of drug-likeness (QED) is 0.380. The molecule has 1 saturated heterocycles. The lowest BCUT2D eigenvalue weighted by atomic mass is 9.92. The summed E-state index contributed by atoms with van der Waals surface area (Å²) in [6, 6.07) is 5.05. The van der Waals surface area contributed by atoms with Crippen molar-refractivity contribution in [3.05, 3.63) is 81.0 Å². The lowest BCUT2D eigenvalue weighted by Crippen LogP contribution is -2.72. The molecule has 14 heteroatoms. The van der Waals surface area contributed by atoms with Crippen LogP contribution < -0.4 is 15.3 Å². The third-order valence-corrected chi connectivity index (χ3v) is 8.77. The van der Waals surface area contributed by atoms with Crippen molar-refractivity contribution in [2.45, 2.75) is 31.8 Å². The number of benzene rings is 1. The summed E-state index contributed by atoms with van der Waals surface area (Å²) >= 11 is 1.06. The minimum atomic E-state index is -0.753. The first kappa shape index (κ1) is 26.7. The van der Waals surface area contributed by atoms with Gasteiger partial charge < -0.3 is 14.9 Å². The molecule has 4 aromatic rings. The van der Waals surface area contributed by atoms with Crippen molar-refractivity contribution >= 4 is 23.2 Å². The second-order valence-electron chi connectivity index (χ2n) is 9.92. The summed E-state index contributed by atoms with van der Waals surface area (Å²) in [5, 5.41) is 21.7. The smallest absolute Gasteiger partial charge is 0.278 e. The van der Waals surface area contributed by atoms with E-state index >= 15 is 0 Å². The van der Waals surface area contributed by atoms with Crippen LogP contribution in [0, 0.1) is 11.6 Å². The Bertz CT molecular complexity index is 1690. The van der Waals surface area contributed by atoms with Crippen LogP contribution in [0.25, 0.3) is 10.6 Å². The summed E-state index contributed by atoms with van der Waals surface area (Å²) in [4.78, 5) is 39.5. The number of piperidine rings is 1. The van der Waals surface area contributed by atoms with Gasteiger partial charge in [0, 0.05) is 70.6 Å². The Hall–Kier alpha value is -4.46. The number of anilines is 1. The zero-order valence-corrected chi connectivity index (χ0v) is 23.1. The van der Waals surface area contributed by atoms with E-state index in [1.807, 2.05) is 19.0 Å². The van der Waals surface area contributed by atoms with Gasteiger partial charge in [-0.15, -0.1) is 10.2 Å². The second kappa shape index (κ2) is 10.2. The van der Waals surface area contributed by atoms with Gasteiger partial charge in [0.15, 0.2) is 16.5 Å². The molecule has 0 unspecified atom stereocenters. The van der Waals surface area contributed by atoms with Crippen LogP contribution in [0.5, 0.6) is 5.75 Å². The molecule has 41 heavy (non-hydrogen) atoms. The summed E-state index contributed by atoms with van der Waals surface area (Å²) in [5.74, 6) is -1.89. The van der Waals surface area contributed by atoms with Gasteiger partial charge in [0.05, 0.1) is 5.56 Å². The van der Waals surface area contributed by atoms with Crippen LogP contribution in [0.15, 0.2) is 47.7 Å². The zero-order chi connectivity index (χ0) is 28.9. The Morgan fingerprint density at radius 3 is 2.51 bits per heavy atom. The van der Waals surface area contributed by atoms with Crippen molar-refractivity contribution in [1.82, 2.24) is 29.7 Å². The fourth-order valence-electron chi connectivity index (χ4n) is 5.68. The molecule has 1 spiro atoms. The maximum absolute atomic E-state index is 14.2. The van der Waals surface area contributed by atoms with E-state index in [0.717, 1.165) is 23.5 Å². The van der Waals surface area contributed by atoms with Crippen molar-refractivity contribution in [1.29, 1.82) is 0 Å². The highest BCUT2D eigenvalue weighted by Gasteiger charge is 2.51. The molecule has 6 rings (SSSR count). The van der Waals surface area contributed by atoms with Gasteiger partial charge in [0.25, 0.3) is 5.91 Å². The molecule has 212 valence electrons. The molecular formula is C27H26F2N8O3S. The van der Waals surface area contributed by atoms with Gasteiger partial charge in [-0.2, -0.15) is 0 Å². The molecule has 2 aliphatic rings. The highest BCUT2D eigenvalue weighted by Crippen LogP contribution is 2.38. The van der Waals surface area contributed by atoms with E-state index in [0.29, 0.717) is 43.4 Å². The minimum Gasteiger partial charge on any atom is -0.502 e. The summed E-state index contributed by atoms with van der Waals surface area (Å²) in [7, 11) is 1.82. The number of amides is 1. The first-order valence-electron chi connectivity index (χ1n) is 13.1. The van der Waals surface area contributed by atoms with E-state index in [-0.39, 0.29) is 28.2 Å². The van der Waals surface area contributed by atoms with E-state index < -0.39 is 34.4 Å². The number of aromatic hydroxyl groups is 1. The molecule has 0 atom stereocenters. The molecular weight excluding hydrogens is 554 g/mol. The molecule has 11 nitrogen and oxygen atoms in total. The molecule has 0 saturated carbocycles. The first-order valence-corrected chi connectivity index (χ1v) is 13.9. The third kappa shape index (κ3) is 4.38. The van der Waals surface area contributed by atoms with Crippen LogP contribution >= 0.6 is 11.3 Å². The number of hydrogen-bond donors (Lipinski definition) is 1. The van der Waals surface area contributed by atoms with Crippen molar-refractivity contribution in [2.24, 2.45) is 0 Å². The largest absolute Gasteiger partial charge is 0.502 e. The van der Waals surface area contributed by atoms with Gasteiger partial charge in [0.1, 0.15) is 22.3 Å². The molecule has 0 aliphatic carbocycles. The average Bonchev–Trinajstić information content (AvgIpc) is 3.44. The first-order chi connectivity index (χ1) is 19.7. The molecule has 5 heterocycles. The highest BCUT2D eigenvalue weighted by molar-refractivity contribution is 7.14. The lowest BCUT2D eigenvalue weighted by molar-refractivity contribution is 0.0201. The van der Waals surface area contributed by atoms with Crippen molar-refractivity contribution in [2.75, 3.05) is 36.6 Å². The summed E-state index contributed by atoms with van der Waals surface area (Å²) < 4.78 is 29.0. The van der Waals surface area contributed by atoms with E-state index in [9.17, 15) is 23.5 Å². The number of rotatable bonds is 5. The molecule has 1 aromatic carbocycles. The van der Waals surface area contributed by atoms with E-state index in [1.165, 1.54) is 16.9 Å². The van der Waals surface area contributed by atoms with Crippen molar-refractivity contribution in [3.8, 4) is 16.3 Å². The number of fused-ring (bicyclic) bond motifs is 1. The van der Waals surface area contributed by atoms with Gasteiger partial charge >= 0.3 is 0 Å². The molecule has 2 aliphatic heterocycles. The van der Waals surface area contributed by atoms with Crippen LogP contribution in [0.3, 0.4) is 0 Å². The number of halogens is 2. The topological polar surface area (TPSA) is 121 Å². The van der Waals surface area contributed by atoms with E-state index in [1.54, 1.807) is 23.4 Å². The second-order valence-corrected chi connectivity index (χ2v) is 11.0. The Morgan fingerprint density at radius 2 is 1.83 bits per heavy atom. The number of aromatic nitrogens is 5. The number of hydrogen-bond acceptors (Lipinski definition) is 10. The predicted molar refractivity (Wildman–Crippen MR) is 147 cm³/mol. The molecule has 1 amide bonds. The monoisotopic (exact) mass is 580 g/mol. The van der Waals surface area contributed by atoms with Gasteiger partial charge in [-0.05, 0) is 24.6 Å². The molecule has 1 fully saturated rings. The fourth-order valence-corrected chi connectivity index (χ4v) is 6.55. The van der Waals surface area contributed by atoms with Gasteiger partial charge in [-0.1, -0.05) is 17.4 Å². The molecule has 0 radical (unpaired) electrons. The maximum Gasteiger partial charge on any atom is 0.278 e. The van der Waals surface area contributed by atoms with Gasteiger partial charge in [0.2, 0.25) is 11.4 Å². The standard InChI is InChI=1S/C27H26F2N8O3S/c1-3-36-25(40)21-23(39)22(38)18(24-33-32-20(41-24)13-16-5-6-17(28)14-19(16)29)15-37(21)34(2)27(36)7-11-35(12-8-27)26-30-9-4-10-31-26/h4-6,9-10,14-15,39H,3,7-8,11-13H2,1-2H3. The van der Waals surface area contributed by atoms with Crippen molar-refractivity contribution < 1.29 is 18.7 Å². The highest BCUT2D eigenvalue weighted by atomic mass is 32.1. The molecule has 1 N–H and O–H groups in total. The van der Waals surface area contributed by atoms with Crippen LogP contribution in [0.1, 0.15) is 40.8 Å². The summed E-state index contributed by atoms with van der Waals surface area (Å²) in [6.45, 7) is 3.42. The van der Waals surface area contributed by atoms with Gasteiger partial charge in [-0.25, -0.2) is 18.7 Å². The number of carbonyl (C=O) groups is 1. The summed E-state index contributed by atoms with van der Waals surface area (Å²) in [5.41, 5.74) is -1.31. The minimum absolute atomic E-state index is 0.0522.